The van der Waals surface area contributed by atoms with Gasteiger partial charge >= 0.3 is 0 Å². The number of aromatic nitrogens is 1. The molecule has 0 saturated carbocycles. The van der Waals surface area contributed by atoms with E-state index in [0.29, 0.717) is 6.54 Å². The lowest BCUT2D eigenvalue weighted by atomic mass is 10.3. The summed E-state index contributed by atoms with van der Waals surface area (Å²) in [5.74, 6) is 0.928. The van der Waals surface area contributed by atoms with Gasteiger partial charge in [0.2, 0.25) is 0 Å². The van der Waals surface area contributed by atoms with Crippen LogP contribution in [0.25, 0.3) is 10.2 Å². The van der Waals surface area contributed by atoms with Crippen molar-refractivity contribution >= 4 is 39.1 Å². The average molecular weight is 297 g/mol. The van der Waals surface area contributed by atoms with Crippen LogP contribution in [0.4, 0.5) is 0 Å². The lowest BCUT2D eigenvalue weighted by Crippen LogP contribution is -2.35. The molecule has 0 radical (unpaired) electrons. The maximum absolute atomic E-state index is 5.96. The molecule has 6 heteroatoms. The van der Waals surface area contributed by atoms with Gasteiger partial charge in [-0.1, -0.05) is 11.6 Å². The molecule has 1 aromatic carbocycles. The number of benzene rings is 1. The molecule has 0 bridgehead atoms. The molecule has 102 valence electrons. The fourth-order valence-corrected chi connectivity index (χ4v) is 2.88. The first-order valence-electron chi connectivity index (χ1n) is 5.91. The topological polar surface area (TPSA) is 31.7 Å². The summed E-state index contributed by atoms with van der Waals surface area (Å²) in [5.41, 5.74) is 0.943. The molecule has 0 unspecified atom stereocenters. The SMILES string of the molecule is CN(C)C(=NCc1nc2cc(Cl)ccc2s1)N(C)C. The molecule has 2 rings (SSSR count). The maximum Gasteiger partial charge on any atom is 0.195 e. The van der Waals surface area contributed by atoms with Crippen molar-refractivity contribution in [3.05, 3.63) is 28.2 Å². The fraction of sp³-hybridized carbons (Fsp3) is 0.385. The monoisotopic (exact) mass is 296 g/mol. The third-order valence-electron chi connectivity index (χ3n) is 2.55. The first-order chi connectivity index (χ1) is 8.97. The van der Waals surface area contributed by atoms with E-state index in [1.807, 2.05) is 56.2 Å². The molecule has 2 aromatic rings. The van der Waals surface area contributed by atoms with Crippen molar-refractivity contribution in [2.24, 2.45) is 4.99 Å². The van der Waals surface area contributed by atoms with Crippen molar-refractivity contribution in [2.75, 3.05) is 28.2 Å². The van der Waals surface area contributed by atoms with E-state index in [4.69, 9.17) is 11.6 Å². The molecule has 1 heterocycles. The van der Waals surface area contributed by atoms with Crippen LogP contribution in [0.2, 0.25) is 5.02 Å². The van der Waals surface area contributed by atoms with E-state index in [1.165, 1.54) is 0 Å². The molecule has 19 heavy (non-hydrogen) atoms. The summed E-state index contributed by atoms with van der Waals surface area (Å²) in [6.45, 7) is 0.586. The Hall–Kier alpha value is -1.33. The van der Waals surface area contributed by atoms with Gasteiger partial charge < -0.3 is 9.80 Å². The van der Waals surface area contributed by atoms with Gasteiger partial charge in [0.1, 0.15) is 5.01 Å². The van der Waals surface area contributed by atoms with Gasteiger partial charge in [0.25, 0.3) is 0 Å². The molecule has 0 aliphatic rings. The van der Waals surface area contributed by atoms with Gasteiger partial charge in [-0.05, 0) is 18.2 Å². The number of fused-ring (bicyclic) bond motifs is 1. The second kappa shape index (κ2) is 5.75. The summed E-state index contributed by atoms with van der Waals surface area (Å²) in [5, 5.41) is 1.72. The van der Waals surface area contributed by atoms with Gasteiger partial charge in [-0.25, -0.2) is 9.98 Å². The summed E-state index contributed by atoms with van der Waals surface area (Å²) in [6.07, 6.45) is 0. The first-order valence-corrected chi connectivity index (χ1v) is 7.11. The van der Waals surface area contributed by atoms with E-state index in [2.05, 4.69) is 9.98 Å². The molecule has 0 aliphatic carbocycles. The number of guanidine groups is 1. The molecule has 0 spiro atoms. The highest BCUT2D eigenvalue weighted by Gasteiger charge is 2.07. The number of halogens is 1. The predicted octanol–water partition coefficient (Wildman–Crippen LogP) is 2.93. The highest BCUT2D eigenvalue weighted by atomic mass is 35.5. The normalized spacial score (nSPS) is 10.6. The van der Waals surface area contributed by atoms with Crippen LogP contribution < -0.4 is 0 Å². The summed E-state index contributed by atoms with van der Waals surface area (Å²) in [4.78, 5) is 13.1. The van der Waals surface area contributed by atoms with E-state index >= 15 is 0 Å². The van der Waals surface area contributed by atoms with Gasteiger partial charge in [-0.2, -0.15) is 0 Å². The van der Waals surface area contributed by atoms with Crippen LogP contribution in [0.3, 0.4) is 0 Å². The lowest BCUT2D eigenvalue weighted by molar-refractivity contribution is 0.479. The Bertz CT molecular complexity index is 594. The zero-order chi connectivity index (χ0) is 14.0. The predicted molar refractivity (Wildman–Crippen MR) is 83.1 cm³/mol. The number of thiazole rings is 1. The minimum atomic E-state index is 0.586. The second-order valence-electron chi connectivity index (χ2n) is 4.62. The number of hydrogen-bond acceptors (Lipinski definition) is 3. The molecular weight excluding hydrogens is 280 g/mol. The Kier molecular flexibility index (Phi) is 4.27. The van der Waals surface area contributed by atoms with E-state index in [0.717, 1.165) is 26.2 Å². The quantitative estimate of drug-likeness (QED) is 0.631. The number of rotatable bonds is 2. The Morgan fingerprint density at radius 2 is 1.95 bits per heavy atom. The number of nitrogens with zero attached hydrogens (tertiary/aromatic N) is 4. The Balaban J connectivity index is 2.23. The number of hydrogen-bond donors (Lipinski definition) is 0. The third kappa shape index (κ3) is 3.36. The van der Waals surface area contributed by atoms with Crippen LogP contribution in [0.5, 0.6) is 0 Å². The van der Waals surface area contributed by atoms with Gasteiger partial charge in [-0.3, -0.25) is 0 Å². The van der Waals surface area contributed by atoms with Crippen molar-refractivity contribution in [3.8, 4) is 0 Å². The average Bonchev–Trinajstić information content (AvgIpc) is 2.70. The van der Waals surface area contributed by atoms with Crippen LogP contribution in [0, 0.1) is 0 Å². The molecule has 0 N–H and O–H groups in total. The smallest absolute Gasteiger partial charge is 0.195 e. The Labute approximate surface area is 122 Å². The summed E-state index contributed by atoms with van der Waals surface area (Å²) >= 11 is 7.62. The summed E-state index contributed by atoms with van der Waals surface area (Å²) < 4.78 is 1.14. The van der Waals surface area contributed by atoms with Crippen molar-refractivity contribution in [1.82, 2.24) is 14.8 Å². The molecule has 0 amide bonds. The van der Waals surface area contributed by atoms with E-state index < -0.39 is 0 Å². The highest BCUT2D eigenvalue weighted by Crippen LogP contribution is 2.25. The summed E-state index contributed by atoms with van der Waals surface area (Å²) in [6, 6.07) is 5.78. The molecular formula is C13H17ClN4S. The third-order valence-corrected chi connectivity index (χ3v) is 3.81. The Morgan fingerprint density at radius 1 is 1.26 bits per heavy atom. The lowest BCUT2D eigenvalue weighted by Gasteiger charge is -2.22. The van der Waals surface area contributed by atoms with Crippen molar-refractivity contribution in [3.63, 3.8) is 0 Å². The molecule has 0 fully saturated rings. The zero-order valence-corrected chi connectivity index (χ0v) is 13.1. The van der Waals surface area contributed by atoms with Crippen LogP contribution in [-0.4, -0.2) is 48.9 Å². The Morgan fingerprint density at radius 3 is 2.58 bits per heavy atom. The largest absolute Gasteiger partial charge is 0.349 e. The first kappa shape index (κ1) is 14.1. The number of aliphatic imine (C=N–C) groups is 1. The van der Waals surface area contributed by atoms with E-state index in [9.17, 15) is 0 Å². The molecule has 0 aliphatic heterocycles. The molecule has 0 saturated heterocycles. The van der Waals surface area contributed by atoms with Crippen LogP contribution in [0.15, 0.2) is 23.2 Å². The van der Waals surface area contributed by atoms with E-state index in [1.54, 1.807) is 11.3 Å². The van der Waals surface area contributed by atoms with Gasteiger partial charge in [0.05, 0.1) is 16.8 Å². The van der Waals surface area contributed by atoms with Gasteiger partial charge in [0.15, 0.2) is 5.96 Å². The molecule has 0 atom stereocenters. The minimum absolute atomic E-state index is 0.586. The minimum Gasteiger partial charge on any atom is -0.349 e. The van der Waals surface area contributed by atoms with Gasteiger partial charge in [0, 0.05) is 33.2 Å². The second-order valence-corrected chi connectivity index (χ2v) is 6.18. The van der Waals surface area contributed by atoms with Crippen LogP contribution in [0.1, 0.15) is 5.01 Å². The van der Waals surface area contributed by atoms with E-state index in [-0.39, 0.29) is 0 Å². The highest BCUT2D eigenvalue weighted by molar-refractivity contribution is 7.18. The summed E-state index contributed by atoms with van der Waals surface area (Å²) in [7, 11) is 7.93. The van der Waals surface area contributed by atoms with Crippen molar-refractivity contribution in [1.29, 1.82) is 0 Å². The van der Waals surface area contributed by atoms with Crippen molar-refractivity contribution < 1.29 is 0 Å². The standard InChI is InChI=1S/C13H17ClN4S/c1-17(2)13(18(3)4)15-8-12-16-10-7-9(14)5-6-11(10)19-12/h5-7H,8H2,1-4H3. The molecule has 4 nitrogen and oxygen atoms in total. The molecule has 1 aromatic heterocycles. The maximum atomic E-state index is 5.96. The zero-order valence-electron chi connectivity index (χ0n) is 11.5. The van der Waals surface area contributed by atoms with Gasteiger partial charge in [-0.15, -0.1) is 11.3 Å². The fourth-order valence-electron chi connectivity index (χ4n) is 1.84. The van der Waals surface area contributed by atoms with Crippen molar-refractivity contribution in [2.45, 2.75) is 6.54 Å². The van der Waals surface area contributed by atoms with Crippen LogP contribution in [-0.2, 0) is 6.54 Å². The van der Waals surface area contributed by atoms with Crippen LogP contribution >= 0.6 is 22.9 Å².